The van der Waals surface area contributed by atoms with Crippen LogP contribution in [0.2, 0.25) is 0 Å². The molecule has 0 spiro atoms. The molecule has 1 saturated carbocycles. The molecule has 0 radical (unpaired) electrons. The van der Waals surface area contributed by atoms with E-state index in [0.717, 1.165) is 12.2 Å². The number of hydrogen-bond acceptors (Lipinski definition) is 3. The van der Waals surface area contributed by atoms with E-state index in [4.69, 9.17) is 5.73 Å². The monoisotopic (exact) mass is 238 g/mol. The van der Waals surface area contributed by atoms with Gasteiger partial charge in [-0.3, -0.25) is 0 Å². The third kappa shape index (κ3) is 2.98. The van der Waals surface area contributed by atoms with Crippen LogP contribution in [0.4, 0.5) is 5.69 Å². The zero-order valence-corrected chi connectivity index (χ0v) is 11.1. The summed E-state index contributed by atoms with van der Waals surface area (Å²) in [5, 5.41) is 5.72. The van der Waals surface area contributed by atoms with E-state index in [1.54, 1.807) is 11.3 Å². The van der Waals surface area contributed by atoms with Crippen molar-refractivity contribution >= 4 is 17.0 Å². The van der Waals surface area contributed by atoms with Crippen molar-refractivity contribution in [1.29, 1.82) is 0 Å². The Bertz CT molecular complexity index is 343. The molecule has 1 aromatic heterocycles. The number of nitrogens with two attached hydrogens (primary N) is 1. The summed E-state index contributed by atoms with van der Waals surface area (Å²) in [4.78, 5) is 1.28. The standard InChI is InChI=1S/C13H22N2S/c1-13(2)6-3-4-10(8-13)15-9-12-11(14)5-7-16-12/h5,7,10,15H,3-4,6,8-9,14H2,1-2H3. The molecule has 1 heterocycles. The lowest BCUT2D eigenvalue weighted by Gasteiger charge is -2.35. The molecule has 3 heteroatoms. The van der Waals surface area contributed by atoms with E-state index in [2.05, 4.69) is 24.5 Å². The highest BCUT2D eigenvalue weighted by molar-refractivity contribution is 7.10. The van der Waals surface area contributed by atoms with E-state index < -0.39 is 0 Å². The van der Waals surface area contributed by atoms with Crippen molar-refractivity contribution in [3.8, 4) is 0 Å². The fourth-order valence-electron chi connectivity index (χ4n) is 2.60. The fraction of sp³-hybridized carbons (Fsp3) is 0.692. The fourth-order valence-corrected chi connectivity index (χ4v) is 3.35. The maximum absolute atomic E-state index is 5.88. The minimum absolute atomic E-state index is 0.511. The van der Waals surface area contributed by atoms with Crippen molar-refractivity contribution in [3.05, 3.63) is 16.3 Å². The number of hydrogen-bond donors (Lipinski definition) is 2. The maximum Gasteiger partial charge on any atom is 0.0468 e. The van der Waals surface area contributed by atoms with Crippen LogP contribution in [0.5, 0.6) is 0 Å². The van der Waals surface area contributed by atoms with Gasteiger partial charge in [0, 0.05) is 23.2 Å². The van der Waals surface area contributed by atoms with E-state index in [1.807, 2.05) is 6.07 Å². The molecule has 0 aromatic carbocycles. The molecular weight excluding hydrogens is 216 g/mol. The Kier molecular flexibility index (Phi) is 3.55. The van der Waals surface area contributed by atoms with Crippen LogP contribution in [0.25, 0.3) is 0 Å². The van der Waals surface area contributed by atoms with Gasteiger partial charge < -0.3 is 11.1 Å². The molecule has 3 N–H and O–H groups in total. The average Bonchev–Trinajstić information content (AvgIpc) is 2.60. The van der Waals surface area contributed by atoms with Gasteiger partial charge in [0.2, 0.25) is 0 Å². The molecule has 2 rings (SSSR count). The minimum Gasteiger partial charge on any atom is -0.398 e. The SMILES string of the molecule is CC1(C)CCCC(NCc2sccc2N)C1. The lowest BCUT2D eigenvalue weighted by atomic mass is 9.75. The van der Waals surface area contributed by atoms with Gasteiger partial charge in [0.1, 0.15) is 0 Å². The normalized spacial score (nSPS) is 24.5. The Labute approximate surface area is 102 Å². The van der Waals surface area contributed by atoms with Crippen LogP contribution in [0.15, 0.2) is 11.4 Å². The highest BCUT2D eigenvalue weighted by Crippen LogP contribution is 2.35. The van der Waals surface area contributed by atoms with E-state index in [9.17, 15) is 0 Å². The molecule has 0 amide bonds. The first-order valence-corrected chi connectivity index (χ1v) is 7.00. The largest absolute Gasteiger partial charge is 0.398 e. The molecule has 1 unspecified atom stereocenters. The first-order valence-electron chi connectivity index (χ1n) is 6.12. The molecule has 0 bridgehead atoms. The summed E-state index contributed by atoms with van der Waals surface area (Å²) in [5.41, 5.74) is 7.33. The van der Waals surface area contributed by atoms with Gasteiger partial charge in [-0.05, 0) is 36.1 Å². The Balaban J connectivity index is 1.84. The summed E-state index contributed by atoms with van der Waals surface area (Å²) >= 11 is 1.75. The zero-order valence-electron chi connectivity index (χ0n) is 10.3. The average molecular weight is 238 g/mol. The second-order valence-corrected chi connectivity index (χ2v) is 6.64. The number of thiophene rings is 1. The summed E-state index contributed by atoms with van der Waals surface area (Å²) in [5.74, 6) is 0. The Hall–Kier alpha value is -0.540. The number of rotatable bonds is 3. The molecule has 0 saturated heterocycles. The number of nitrogens with one attached hydrogen (secondary N) is 1. The molecule has 1 atom stereocenters. The first kappa shape index (κ1) is 11.9. The highest BCUT2D eigenvalue weighted by Gasteiger charge is 2.27. The molecule has 1 aliphatic carbocycles. The van der Waals surface area contributed by atoms with Crippen molar-refractivity contribution in [2.75, 3.05) is 5.73 Å². The van der Waals surface area contributed by atoms with Crippen LogP contribution < -0.4 is 11.1 Å². The van der Waals surface area contributed by atoms with Gasteiger partial charge in [-0.15, -0.1) is 11.3 Å². The van der Waals surface area contributed by atoms with Crippen molar-refractivity contribution in [2.45, 2.75) is 52.1 Å². The van der Waals surface area contributed by atoms with Crippen LogP contribution in [-0.2, 0) is 6.54 Å². The predicted molar refractivity (Wildman–Crippen MR) is 71.6 cm³/mol. The molecule has 0 aliphatic heterocycles. The molecule has 1 fully saturated rings. The summed E-state index contributed by atoms with van der Waals surface area (Å²) in [6, 6.07) is 2.66. The van der Waals surface area contributed by atoms with Crippen molar-refractivity contribution < 1.29 is 0 Å². The van der Waals surface area contributed by atoms with E-state index in [0.29, 0.717) is 11.5 Å². The number of nitrogen functional groups attached to an aromatic ring is 1. The van der Waals surface area contributed by atoms with E-state index >= 15 is 0 Å². The van der Waals surface area contributed by atoms with Gasteiger partial charge >= 0.3 is 0 Å². The van der Waals surface area contributed by atoms with Crippen molar-refractivity contribution in [2.24, 2.45) is 5.41 Å². The number of anilines is 1. The van der Waals surface area contributed by atoms with Gasteiger partial charge in [0.25, 0.3) is 0 Å². The van der Waals surface area contributed by atoms with Crippen LogP contribution in [0.1, 0.15) is 44.4 Å². The van der Waals surface area contributed by atoms with E-state index in [-0.39, 0.29) is 0 Å². The van der Waals surface area contributed by atoms with Crippen LogP contribution in [0.3, 0.4) is 0 Å². The predicted octanol–water partition coefficient (Wildman–Crippen LogP) is 3.39. The first-order chi connectivity index (χ1) is 7.57. The van der Waals surface area contributed by atoms with Crippen LogP contribution in [-0.4, -0.2) is 6.04 Å². The second-order valence-electron chi connectivity index (χ2n) is 5.64. The molecule has 16 heavy (non-hydrogen) atoms. The third-order valence-electron chi connectivity index (χ3n) is 3.54. The van der Waals surface area contributed by atoms with Gasteiger partial charge in [0.15, 0.2) is 0 Å². The topological polar surface area (TPSA) is 38.0 Å². The molecular formula is C13H22N2S. The van der Waals surface area contributed by atoms with Crippen molar-refractivity contribution in [3.63, 3.8) is 0 Å². The zero-order chi connectivity index (χ0) is 11.6. The minimum atomic E-state index is 0.511. The quantitative estimate of drug-likeness (QED) is 0.847. The molecule has 2 nitrogen and oxygen atoms in total. The Morgan fingerprint density at radius 1 is 1.56 bits per heavy atom. The summed E-state index contributed by atoms with van der Waals surface area (Å²) in [6.45, 7) is 5.69. The molecule has 90 valence electrons. The summed E-state index contributed by atoms with van der Waals surface area (Å²) in [6.07, 6.45) is 5.32. The highest BCUT2D eigenvalue weighted by atomic mass is 32.1. The summed E-state index contributed by atoms with van der Waals surface area (Å²) in [7, 11) is 0. The summed E-state index contributed by atoms with van der Waals surface area (Å²) < 4.78 is 0. The van der Waals surface area contributed by atoms with E-state index in [1.165, 1.54) is 30.6 Å². The van der Waals surface area contributed by atoms with Crippen molar-refractivity contribution in [1.82, 2.24) is 5.32 Å². The second kappa shape index (κ2) is 4.76. The van der Waals surface area contributed by atoms with Gasteiger partial charge in [-0.25, -0.2) is 0 Å². The third-order valence-corrected chi connectivity index (χ3v) is 4.47. The lowest BCUT2D eigenvalue weighted by molar-refractivity contribution is 0.198. The van der Waals surface area contributed by atoms with Crippen LogP contribution >= 0.6 is 11.3 Å². The van der Waals surface area contributed by atoms with Gasteiger partial charge in [0.05, 0.1) is 0 Å². The molecule has 1 aliphatic rings. The molecule has 1 aromatic rings. The Morgan fingerprint density at radius 3 is 3.00 bits per heavy atom. The maximum atomic E-state index is 5.88. The Morgan fingerprint density at radius 2 is 2.38 bits per heavy atom. The smallest absolute Gasteiger partial charge is 0.0468 e. The van der Waals surface area contributed by atoms with Crippen LogP contribution in [0, 0.1) is 5.41 Å². The van der Waals surface area contributed by atoms with Gasteiger partial charge in [-0.1, -0.05) is 20.3 Å². The lowest BCUT2D eigenvalue weighted by Crippen LogP contribution is -2.36. The van der Waals surface area contributed by atoms with Gasteiger partial charge in [-0.2, -0.15) is 0 Å².